The molecule has 1 rings (SSSR count). The summed E-state index contributed by atoms with van der Waals surface area (Å²) in [5.41, 5.74) is 0.411. The number of hydrogen-bond acceptors (Lipinski definition) is 5. The first-order valence-electron chi connectivity index (χ1n) is 4.27. The van der Waals surface area contributed by atoms with Crippen molar-refractivity contribution in [3.8, 4) is 0 Å². The molecular weight excluding hydrogens is 234 g/mol. The summed E-state index contributed by atoms with van der Waals surface area (Å²) in [5.74, 6) is 0. The molecule has 0 heterocycles. The van der Waals surface area contributed by atoms with E-state index in [1.807, 2.05) is 0 Å². The third-order valence-electron chi connectivity index (χ3n) is 2.05. The maximum atomic E-state index is 11.3. The fraction of sp³-hybridized carbons (Fsp3) is 0.250. The van der Waals surface area contributed by atoms with Gasteiger partial charge < -0.3 is 5.32 Å². The van der Waals surface area contributed by atoms with E-state index in [0.717, 1.165) is 6.07 Å². The summed E-state index contributed by atoms with van der Waals surface area (Å²) in [6, 6.07) is 2.22. The molecular formula is C8H11N3O4S. The average Bonchev–Trinajstić information content (AvgIpc) is 2.14. The molecule has 0 aromatic heterocycles. The summed E-state index contributed by atoms with van der Waals surface area (Å²) in [4.78, 5) is 9.64. The highest BCUT2D eigenvalue weighted by Crippen LogP contribution is 2.29. The van der Waals surface area contributed by atoms with E-state index < -0.39 is 14.9 Å². The van der Waals surface area contributed by atoms with Crippen LogP contribution >= 0.6 is 0 Å². The molecule has 0 bridgehead atoms. The van der Waals surface area contributed by atoms with Crippen LogP contribution in [0, 0.1) is 17.0 Å². The number of benzene rings is 1. The number of primary sulfonamides is 1. The molecule has 16 heavy (non-hydrogen) atoms. The Bertz CT molecular complexity index is 538. The molecule has 0 unspecified atom stereocenters. The van der Waals surface area contributed by atoms with Gasteiger partial charge in [0.15, 0.2) is 0 Å². The van der Waals surface area contributed by atoms with Gasteiger partial charge >= 0.3 is 0 Å². The Morgan fingerprint density at radius 2 is 2.00 bits per heavy atom. The van der Waals surface area contributed by atoms with E-state index in [1.54, 1.807) is 6.92 Å². The molecule has 0 saturated carbocycles. The standard InChI is InChI=1S/C8H11N3O4S/c1-5-3-6(11(12)13)4-7(8(5)10-2)16(9,14)15/h3-4,10H,1-2H3,(H2,9,14,15). The summed E-state index contributed by atoms with van der Waals surface area (Å²) in [6.07, 6.45) is 0. The molecule has 7 nitrogen and oxygen atoms in total. The minimum Gasteiger partial charge on any atom is -0.387 e. The van der Waals surface area contributed by atoms with Gasteiger partial charge in [0.1, 0.15) is 4.90 Å². The van der Waals surface area contributed by atoms with Crippen molar-refractivity contribution in [3.63, 3.8) is 0 Å². The molecule has 0 aliphatic carbocycles. The number of nitrogens with zero attached hydrogens (tertiary/aromatic N) is 1. The second kappa shape index (κ2) is 4.06. The number of anilines is 1. The molecule has 0 fully saturated rings. The minimum absolute atomic E-state index is 0.271. The largest absolute Gasteiger partial charge is 0.387 e. The topological polar surface area (TPSA) is 115 Å². The van der Waals surface area contributed by atoms with Crippen LogP contribution in [0.2, 0.25) is 0 Å². The minimum atomic E-state index is -3.99. The summed E-state index contributed by atoms with van der Waals surface area (Å²) < 4.78 is 22.5. The SMILES string of the molecule is CNc1c(C)cc([N+](=O)[O-])cc1S(N)(=O)=O. The van der Waals surface area contributed by atoms with Gasteiger partial charge in [0.2, 0.25) is 10.0 Å². The first kappa shape index (κ1) is 12.4. The maximum absolute atomic E-state index is 11.3. The van der Waals surface area contributed by atoms with E-state index >= 15 is 0 Å². The van der Waals surface area contributed by atoms with Crippen molar-refractivity contribution in [1.82, 2.24) is 0 Å². The lowest BCUT2D eigenvalue weighted by Gasteiger charge is -2.10. The molecule has 0 spiro atoms. The predicted molar refractivity (Wildman–Crippen MR) is 58.8 cm³/mol. The van der Waals surface area contributed by atoms with Gasteiger partial charge in [-0.25, -0.2) is 13.6 Å². The Morgan fingerprint density at radius 1 is 1.44 bits per heavy atom. The van der Waals surface area contributed by atoms with Gasteiger partial charge in [0.25, 0.3) is 5.69 Å². The Hall–Kier alpha value is -1.67. The van der Waals surface area contributed by atoms with E-state index in [9.17, 15) is 18.5 Å². The van der Waals surface area contributed by atoms with Crippen LogP contribution in [0.25, 0.3) is 0 Å². The van der Waals surface area contributed by atoms with Gasteiger partial charge in [-0.3, -0.25) is 10.1 Å². The fourth-order valence-corrected chi connectivity index (χ4v) is 2.22. The van der Waals surface area contributed by atoms with E-state index in [-0.39, 0.29) is 16.3 Å². The van der Waals surface area contributed by atoms with Crippen LogP contribution in [0.5, 0.6) is 0 Å². The van der Waals surface area contributed by atoms with E-state index in [1.165, 1.54) is 13.1 Å². The zero-order valence-corrected chi connectivity index (χ0v) is 9.54. The zero-order chi connectivity index (χ0) is 12.5. The maximum Gasteiger partial charge on any atom is 0.271 e. The summed E-state index contributed by atoms with van der Waals surface area (Å²) in [7, 11) is -2.47. The summed E-state index contributed by atoms with van der Waals surface area (Å²) in [6.45, 7) is 1.56. The number of non-ortho nitro benzene ring substituents is 1. The van der Waals surface area contributed by atoms with Crippen molar-refractivity contribution in [3.05, 3.63) is 27.8 Å². The average molecular weight is 245 g/mol. The van der Waals surface area contributed by atoms with Crippen molar-refractivity contribution in [2.75, 3.05) is 12.4 Å². The van der Waals surface area contributed by atoms with Crippen molar-refractivity contribution in [2.24, 2.45) is 5.14 Å². The van der Waals surface area contributed by atoms with Gasteiger partial charge in [-0.1, -0.05) is 0 Å². The molecule has 0 atom stereocenters. The molecule has 88 valence electrons. The van der Waals surface area contributed by atoms with Crippen molar-refractivity contribution in [2.45, 2.75) is 11.8 Å². The molecule has 8 heteroatoms. The number of hydrogen-bond donors (Lipinski definition) is 2. The van der Waals surface area contributed by atoms with Crippen molar-refractivity contribution < 1.29 is 13.3 Å². The smallest absolute Gasteiger partial charge is 0.271 e. The van der Waals surface area contributed by atoms with Crippen LogP contribution in [0.15, 0.2) is 17.0 Å². The van der Waals surface area contributed by atoms with Crippen LogP contribution in [0.3, 0.4) is 0 Å². The predicted octanol–water partition coefficient (Wildman–Crippen LogP) is 0.592. The zero-order valence-electron chi connectivity index (χ0n) is 8.72. The Balaban J connectivity index is 3.62. The van der Waals surface area contributed by atoms with Crippen molar-refractivity contribution >= 4 is 21.4 Å². The van der Waals surface area contributed by atoms with Crippen LogP contribution in [-0.2, 0) is 10.0 Å². The Labute approximate surface area is 92.5 Å². The third kappa shape index (κ3) is 2.28. The van der Waals surface area contributed by atoms with Gasteiger partial charge in [-0.15, -0.1) is 0 Å². The normalized spacial score (nSPS) is 11.2. The first-order valence-corrected chi connectivity index (χ1v) is 5.81. The van der Waals surface area contributed by atoms with Crippen LogP contribution in [0.1, 0.15) is 5.56 Å². The molecule has 0 radical (unpaired) electrons. The molecule has 1 aromatic carbocycles. The van der Waals surface area contributed by atoms with Crippen molar-refractivity contribution in [1.29, 1.82) is 0 Å². The molecule has 0 aliphatic rings. The van der Waals surface area contributed by atoms with E-state index in [0.29, 0.717) is 5.56 Å². The molecule has 0 aliphatic heterocycles. The number of rotatable bonds is 3. The number of sulfonamides is 1. The fourth-order valence-electron chi connectivity index (χ4n) is 1.39. The molecule has 0 amide bonds. The first-order chi connectivity index (χ1) is 7.27. The number of aryl methyl sites for hydroxylation is 1. The number of nitro groups is 1. The second-order valence-electron chi connectivity index (χ2n) is 3.19. The Kier molecular flexibility index (Phi) is 3.15. The summed E-state index contributed by atoms with van der Waals surface area (Å²) in [5, 5.41) is 18.2. The van der Waals surface area contributed by atoms with Gasteiger partial charge in [0.05, 0.1) is 10.6 Å². The molecule has 1 aromatic rings. The lowest BCUT2D eigenvalue weighted by atomic mass is 10.2. The van der Waals surface area contributed by atoms with Gasteiger partial charge in [-0.05, 0) is 12.5 Å². The quantitative estimate of drug-likeness (QED) is 0.597. The summed E-state index contributed by atoms with van der Waals surface area (Å²) >= 11 is 0. The van der Waals surface area contributed by atoms with Crippen LogP contribution < -0.4 is 10.5 Å². The number of nitrogens with two attached hydrogens (primary N) is 1. The highest BCUT2D eigenvalue weighted by atomic mass is 32.2. The van der Waals surface area contributed by atoms with E-state index in [4.69, 9.17) is 5.14 Å². The van der Waals surface area contributed by atoms with Crippen LogP contribution in [0.4, 0.5) is 11.4 Å². The Morgan fingerprint density at radius 3 is 2.38 bits per heavy atom. The lowest BCUT2D eigenvalue weighted by Crippen LogP contribution is -2.15. The molecule has 0 saturated heterocycles. The van der Waals surface area contributed by atoms with E-state index in [2.05, 4.69) is 5.32 Å². The second-order valence-corrected chi connectivity index (χ2v) is 4.72. The molecule has 3 N–H and O–H groups in total. The van der Waals surface area contributed by atoms with Gasteiger partial charge in [-0.2, -0.15) is 0 Å². The number of nitro benzene ring substituents is 1. The number of nitrogens with one attached hydrogen (secondary N) is 1. The highest BCUT2D eigenvalue weighted by molar-refractivity contribution is 7.89. The monoisotopic (exact) mass is 245 g/mol. The van der Waals surface area contributed by atoms with Crippen LogP contribution in [-0.4, -0.2) is 20.4 Å². The highest BCUT2D eigenvalue weighted by Gasteiger charge is 2.20. The lowest BCUT2D eigenvalue weighted by molar-refractivity contribution is -0.385. The van der Waals surface area contributed by atoms with Gasteiger partial charge in [0, 0.05) is 19.2 Å². The third-order valence-corrected chi connectivity index (χ3v) is 2.99.